The number of unbranched alkanes of at least 4 members (excludes halogenated alkanes) is 13. The van der Waals surface area contributed by atoms with Crippen LogP contribution in [0.15, 0.2) is 0 Å². The van der Waals surface area contributed by atoms with Crippen LogP contribution in [-0.2, 0) is 85.7 Å². The van der Waals surface area contributed by atoms with Crippen molar-refractivity contribution in [3.8, 4) is 0 Å². The first-order valence-electron chi connectivity index (χ1n) is 28.4. The molecule has 24 heteroatoms. The number of ether oxygens (including phenoxy) is 10. The molecule has 0 aliphatic heterocycles. The molecular weight excluding hydrogens is 1030 g/mol. The van der Waals surface area contributed by atoms with Gasteiger partial charge in [-0.2, -0.15) is 0 Å². The Kier molecular flexibility index (Phi) is 47.5. The number of aliphatic carboxylic acids is 1. The van der Waals surface area contributed by atoms with Gasteiger partial charge in [0, 0.05) is 45.4 Å². The Labute approximate surface area is 469 Å². The lowest BCUT2D eigenvalue weighted by Gasteiger charge is -2.24. The van der Waals surface area contributed by atoms with Gasteiger partial charge in [0.25, 0.3) is 0 Å². The fourth-order valence-electron chi connectivity index (χ4n) is 7.06. The maximum Gasteiger partial charge on any atom is 0.329 e. The summed E-state index contributed by atoms with van der Waals surface area (Å²) in [4.78, 5) is 96.2. The zero-order valence-corrected chi connectivity index (χ0v) is 48.7. The largest absolute Gasteiger partial charge is 0.480 e. The zero-order chi connectivity index (χ0) is 58.7. The highest BCUT2D eigenvalue weighted by Crippen LogP contribution is 2.16. The van der Waals surface area contributed by atoms with Crippen LogP contribution >= 0.6 is 0 Å². The topological polar surface area (TPSA) is 309 Å². The van der Waals surface area contributed by atoms with E-state index in [4.69, 9.17) is 52.5 Å². The first-order chi connectivity index (χ1) is 37.8. The summed E-state index contributed by atoms with van der Waals surface area (Å²) in [5.41, 5.74) is -1.17. The molecule has 0 aromatic heterocycles. The molecule has 0 unspecified atom stereocenters. The van der Waals surface area contributed by atoms with Crippen LogP contribution in [-0.4, -0.2) is 202 Å². The first-order valence-corrected chi connectivity index (χ1v) is 28.4. The van der Waals surface area contributed by atoms with E-state index in [1.807, 2.05) is 20.8 Å². The van der Waals surface area contributed by atoms with Gasteiger partial charge in [0.15, 0.2) is 0 Å². The van der Waals surface area contributed by atoms with E-state index in [-0.39, 0.29) is 180 Å². The highest BCUT2D eigenvalue weighted by atomic mass is 16.6. The van der Waals surface area contributed by atoms with E-state index in [2.05, 4.69) is 26.6 Å². The Bertz CT molecular complexity index is 1630. The van der Waals surface area contributed by atoms with Crippen molar-refractivity contribution in [2.24, 2.45) is 0 Å². The number of amides is 5. The second kappa shape index (κ2) is 50.4. The molecule has 0 saturated carbocycles. The molecule has 5 amide bonds. The van der Waals surface area contributed by atoms with Gasteiger partial charge in [-0.15, -0.1) is 0 Å². The van der Waals surface area contributed by atoms with Crippen molar-refractivity contribution in [1.82, 2.24) is 26.6 Å². The van der Waals surface area contributed by atoms with Gasteiger partial charge >= 0.3 is 17.9 Å². The average molecular weight is 1140 g/mol. The smallest absolute Gasteiger partial charge is 0.329 e. The number of rotatable bonds is 54. The summed E-state index contributed by atoms with van der Waals surface area (Å²) in [6.07, 6.45) is 16.4. The van der Waals surface area contributed by atoms with Crippen LogP contribution in [0.3, 0.4) is 0 Å². The molecular formula is C55H101N5O19. The van der Waals surface area contributed by atoms with Crippen molar-refractivity contribution in [3.63, 3.8) is 0 Å². The van der Waals surface area contributed by atoms with Gasteiger partial charge in [-0.25, -0.2) is 9.59 Å². The molecule has 460 valence electrons. The van der Waals surface area contributed by atoms with Crippen LogP contribution in [0.25, 0.3) is 0 Å². The Balaban J connectivity index is 3.84. The van der Waals surface area contributed by atoms with Gasteiger partial charge in [-0.3, -0.25) is 28.8 Å². The molecule has 0 aromatic carbocycles. The van der Waals surface area contributed by atoms with Crippen LogP contribution in [0, 0.1) is 0 Å². The number of esters is 2. The zero-order valence-electron chi connectivity index (χ0n) is 48.7. The third kappa shape index (κ3) is 56.5. The van der Waals surface area contributed by atoms with Crippen LogP contribution < -0.4 is 26.6 Å². The number of carboxylic acids is 1. The molecule has 24 nitrogen and oxygen atoms in total. The maximum absolute atomic E-state index is 12.9. The third-order valence-electron chi connectivity index (χ3n) is 10.8. The second-order valence-electron chi connectivity index (χ2n) is 20.7. The van der Waals surface area contributed by atoms with Crippen molar-refractivity contribution < 1.29 is 90.8 Å². The van der Waals surface area contributed by atoms with Crippen molar-refractivity contribution in [2.75, 3.05) is 132 Å². The molecule has 0 aromatic rings. The fraction of sp³-hybridized carbons (Fsp3) is 0.855. The molecule has 0 rings (SSSR count). The number of hydrogen-bond acceptors (Lipinski definition) is 18. The summed E-state index contributed by atoms with van der Waals surface area (Å²) in [7, 11) is 0. The molecule has 0 heterocycles. The Morgan fingerprint density at radius 3 is 1.03 bits per heavy atom. The van der Waals surface area contributed by atoms with Crippen molar-refractivity contribution >= 4 is 47.4 Å². The van der Waals surface area contributed by atoms with Crippen molar-refractivity contribution in [2.45, 2.75) is 174 Å². The van der Waals surface area contributed by atoms with Gasteiger partial charge in [0.2, 0.25) is 29.5 Å². The molecule has 0 bridgehead atoms. The molecule has 0 fully saturated rings. The van der Waals surface area contributed by atoms with E-state index in [1.54, 1.807) is 20.8 Å². The molecule has 1 atom stereocenters. The maximum atomic E-state index is 12.9. The summed E-state index contributed by atoms with van der Waals surface area (Å²) in [5, 5.41) is 21.9. The van der Waals surface area contributed by atoms with E-state index in [0.29, 0.717) is 12.8 Å². The van der Waals surface area contributed by atoms with Gasteiger partial charge in [-0.1, -0.05) is 77.0 Å². The van der Waals surface area contributed by atoms with Gasteiger partial charge < -0.3 is 79.1 Å². The first kappa shape index (κ1) is 74.4. The number of hydrogen-bond donors (Lipinski definition) is 6. The summed E-state index contributed by atoms with van der Waals surface area (Å²) in [6, 6.07) is -0.948. The molecule has 79 heavy (non-hydrogen) atoms. The molecule has 0 aliphatic rings. The van der Waals surface area contributed by atoms with E-state index in [0.717, 1.165) is 44.9 Å². The Hall–Kier alpha value is -4.56. The Morgan fingerprint density at radius 2 is 0.671 bits per heavy atom. The lowest BCUT2D eigenvalue weighted by molar-refractivity contribution is -0.159. The molecule has 6 N–H and O–H groups in total. The number of nitrogens with one attached hydrogen (secondary N) is 5. The van der Waals surface area contributed by atoms with Crippen LogP contribution in [0.2, 0.25) is 0 Å². The lowest BCUT2D eigenvalue weighted by atomic mass is 10.0. The molecule has 0 radical (unpaired) electrons. The fourth-order valence-corrected chi connectivity index (χ4v) is 7.06. The number of carboxylic acid groups (broad SMARTS) is 1. The van der Waals surface area contributed by atoms with Gasteiger partial charge in [-0.05, 0) is 60.8 Å². The minimum atomic E-state index is -1.06. The normalized spacial score (nSPS) is 11.9. The summed E-state index contributed by atoms with van der Waals surface area (Å²) in [6.45, 7) is 13.5. The van der Waals surface area contributed by atoms with Gasteiger partial charge in [0.05, 0.1) is 79.3 Å². The van der Waals surface area contributed by atoms with E-state index >= 15 is 0 Å². The molecule has 0 aliphatic carbocycles. The second-order valence-corrected chi connectivity index (χ2v) is 20.7. The van der Waals surface area contributed by atoms with Crippen LogP contribution in [0.4, 0.5) is 0 Å². The minimum Gasteiger partial charge on any atom is -0.480 e. The predicted octanol–water partition coefficient (Wildman–Crippen LogP) is 3.86. The van der Waals surface area contributed by atoms with Crippen molar-refractivity contribution in [3.05, 3.63) is 0 Å². The monoisotopic (exact) mass is 1140 g/mol. The van der Waals surface area contributed by atoms with E-state index < -0.39 is 29.2 Å². The summed E-state index contributed by atoms with van der Waals surface area (Å²) >= 11 is 0. The third-order valence-corrected chi connectivity index (χ3v) is 10.8. The Morgan fingerprint density at radius 1 is 0.354 bits per heavy atom. The minimum absolute atomic E-state index is 0.00143. The standard InChI is InChI=1S/C55H101N5O19/c1-54(2,3)78-52(68)22-20-18-16-14-12-10-8-7-9-11-13-15-17-19-21-47(62)60-45(53(69)79-55(4,5)6)23-24-46(61)56-25-29-70-33-37-74-41-48(63)57-26-30-71-34-38-75-42-49(64)58-27-31-72-35-39-76-43-50(65)59-28-32-73-36-40-77-44-51(66)67/h45H,7-44H2,1-6H3,(H,56,61)(H,57,63)(H,58,64)(H,59,65)(H,60,62)(H,66,67)/t45-/m0/s1. The predicted molar refractivity (Wildman–Crippen MR) is 293 cm³/mol. The van der Waals surface area contributed by atoms with Crippen molar-refractivity contribution in [1.29, 1.82) is 0 Å². The highest BCUT2D eigenvalue weighted by Gasteiger charge is 2.27. The lowest BCUT2D eigenvalue weighted by Crippen LogP contribution is -2.44. The number of carbonyl (C=O) groups excluding carboxylic acids is 7. The quantitative estimate of drug-likeness (QED) is 0.0372. The molecule has 0 saturated heterocycles. The highest BCUT2D eigenvalue weighted by molar-refractivity contribution is 5.85. The summed E-state index contributed by atoms with van der Waals surface area (Å²) < 4.78 is 53.0. The van der Waals surface area contributed by atoms with Gasteiger partial charge in [0.1, 0.15) is 43.7 Å². The van der Waals surface area contributed by atoms with E-state index in [9.17, 15) is 38.4 Å². The average Bonchev–Trinajstić information content (AvgIpc) is 3.37. The number of carbonyl (C=O) groups is 8. The summed E-state index contributed by atoms with van der Waals surface area (Å²) in [5.74, 6) is -3.26. The van der Waals surface area contributed by atoms with E-state index in [1.165, 1.54) is 44.9 Å². The van der Waals surface area contributed by atoms with Crippen LogP contribution in [0.5, 0.6) is 0 Å². The van der Waals surface area contributed by atoms with Crippen LogP contribution in [0.1, 0.15) is 157 Å². The SMILES string of the molecule is CC(C)(C)OC(=O)CCCCCCCCCCCCCCCCC(=O)N[C@@H](CCC(=O)NCCOCCOCC(=O)NCCOCCOCC(=O)NCCOCCOCC(=O)NCCOCCOCC(=O)O)C(=O)OC(C)(C)C. The molecule has 0 spiro atoms.